The van der Waals surface area contributed by atoms with Crippen molar-refractivity contribution in [1.82, 2.24) is 0 Å². The molecule has 0 unspecified atom stereocenters. The Labute approximate surface area is 520 Å². The number of ether oxygens (including phenoxy) is 9. The van der Waals surface area contributed by atoms with Crippen molar-refractivity contribution in [3.8, 4) is 17.2 Å². The monoisotopic (exact) mass is 1210 g/mol. The molecule has 3 rings (SSSR count). The Balaban J connectivity index is 1.26. The minimum atomic E-state index is -1.11. The number of hydrogen-bond acceptors (Lipinski definition) is 15. The van der Waals surface area contributed by atoms with Crippen molar-refractivity contribution in [2.75, 3.05) is 46.2 Å². The van der Waals surface area contributed by atoms with E-state index in [9.17, 15) is 28.8 Å². The Morgan fingerprint density at radius 2 is 0.552 bits per heavy atom. The van der Waals surface area contributed by atoms with E-state index in [0.29, 0.717) is 86.7 Å². The van der Waals surface area contributed by atoms with Crippen LogP contribution in [0.25, 0.3) is 16.7 Å². The summed E-state index contributed by atoms with van der Waals surface area (Å²) < 4.78 is 49.6. The molecule has 0 N–H and O–H groups in total. The largest absolute Gasteiger partial charge is 0.494 e. The maximum absolute atomic E-state index is 13.0. The molecule has 0 saturated heterocycles. The first-order valence-corrected chi connectivity index (χ1v) is 32.7. The third-order valence-electron chi connectivity index (χ3n) is 14.7. The molecule has 0 fully saturated rings. The summed E-state index contributed by atoms with van der Waals surface area (Å²) in [4.78, 5) is 74.4. The van der Waals surface area contributed by atoms with Crippen molar-refractivity contribution in [1.29, 1.82) is 0 Å². The number of rotatable bonds is 53. The van der Waals surface area contributed by atoms with Gasteiger partial charge in [-0.3, -0.25) is 14.4 Å². The highest BCUT2D eigenvalue weighted by atomic mass is 16.7. The molecule has 482 valence electrons. The molecule has 87 heavy (non-hydrogen) atoms. The van der Waals surface area contributed by atoms with Crippen molar-refractivity contribution >= 4 is 52.5 Å². The number of carbonyl (C=O) groups is 6. The third-order valence-corrected chi connectivity index (χ3v) is 14.7. The van der Waals surface area contributed by atoms with Gasteiger partial charge >= 0.3 is 35.8 Å². The van der Waals surface area contributed by atoms with Crippen LogP contribution in [0.2, 0.25) is 0 Å². The van der Waals surface area contributed by atoms with Gasteiger partial charge in [-0.05, 0) is 112 Å². The second kappa shape index (κ2) is 48.2. The summed E-state index contributed by atoms with van der Waals surface area (Å²) in [6.07, 6.45) is 27.3. The van der Waals surface area contributed by atoms with E-state index in [0.717, 1.165) is 183 Å². The molecule has 0 atom stereocenters. The van der Waals surface area contributed by atoms with E-state index in [1.165, 1.54) is 0 Å². The maximum Gasteiger partial charge on any atom is 0.338 e. The van der Waals surface area contributed by atoms with Crippen molar-refractivity contribution < 1.29 is 71.4 Å². The molecular weight excluding hydrogens is 1100 g/mol. The molecule has 0 aliphatic carbocycles. The second-order valence-electron chi connectivity index (χ2n) is 21.9. The zero-order chi connectivity index (χ0) is 63.0. The Morgan fingerprint density at radius 1 is 0.310 bits per heavy atom. The van der Waals surface area contributed by atoms with Gasteiger partial charge in [-0.25, -0.2) is 14.4 Å². The fourth-order valence-electron chi connectivity index (χ4n) is 9.56. The lowest BCUT2D eigenvalue weighted by Gasteiger charge is -2.18. The quantitative estimate of drug-likeness (QED) is 0.0171. The number of carbonyl (C=O) groups excluding carboxylic acids is 6. The van der Waals surface area contributed by atoms with Crippen molar-refractivity contribution in [3.05, 3.63) is 109 Å². The van der Waals surface area contributed by atoms with E-state index >= 15 is 0 Å². The average Bonchev–Trinajstić information content (AvgIpc) is 3.59. The molecule has 0 aliphatic heterocycles. The van der Waals surface area contributed by atoms with E-state index in [1.807, 2.05) is 72.8 Å². The van der Waals surface area contributed by atoms with Crippen LogP contribution in [0.1, 0.15) is 237 Å². The van der Waals surface area contributed by atoms with Gasteiger partial charge in [0.15, 0.2) is 0 Å². The normalized spacial score (nSPS) is 10.9. The molecule has 0 heterocycles. The minimum absolute atomic E-state index is 0.0104. The van der Waals surface area contributed by atoms with Gasteiger partial charge in [-0.2, -0.15) is 0 Å². The summed E-state index contributed by atoms with van der Waals surface area (Å²) in [6, 6.07) is 22.0. The number of hydrogen-bond donors (Lipinski definition) is 0. The van der Waals surface area contributed by atoms with Crippen molar-refractivity contribution in [2.45, 2.75) is 226 Å². The first-order chi connectivity index (χ1) is 42.3. The van der Waals surface area contributed by atoms with Gasteiger partial charge in [-0.1, -0.05) is 191 Å². The summed E-state index contributed by atoms with van der Waals surface area (Å²) >= 11 is 0. The molecule has 3 aromatic rings. The summed E-state index contributed by atoms with van der Waals surface area (Å²) in [5.41, 5.74) is 3.13. The van der Waals surface area contributed by atoms with Crippen LogP contribution in [0.15, 0.2) is 92.5 Å². The second-order valence-corrected chi connectivity index (χ2v) is 21.9. The van der Waals surface area contributed by atoms with E-state index < -0.39 is 36.1 Å². The fourth-order valence-corrected chi connectivity index (χ4v) is 9.56. The van der Waals surface area contributed by atoms with Gasteiger partial charge in [-0.15, -0.1) is 0 Å². The molecule has 0 radical (unpaired) electrons. The predicted molar refractivity (Wildman–Crippen MR) is 343 cm³/mol. The summed E-state index contributed by atoms with van der Waals surface area (Å²) in [5.74, 6) is -0.140. The van der Waals surface area contributed by atoms with Crippen LogP contribution in [0.3, 0.4) is 0 Å². The molecule has 0 aromatic heterocycles. The highest BCUT2D eigenvalue weighted by Gasteiger charge is 2.21. The van der Waals surface area contributed by atoms with Gasteiger partial charge in [0, 0.05) is 19.3 Å². The topological polar surface area (TPSA) is 185 Å². The highest BCUT2D eigenvalue weighted by Crippen LogP contribution is 2.23. The molecule has 3 aromatic carbocycles. The van der Waals surface area contributed by atoms with Crippen LogP contribution in [0, 0.1) is 0 Å². The van der Waals surface area contributed by atoms with Crippen molar-refractivity contribution in [3.63, 3.8) is 0 Å². The van der Waals surface area contributed by atoms with Gasteiger partial charge < -0.3 is 42.6 Å². The molecule has 0 spiro atoms. The van der Waals surface area contributed by atoms with Gasteiger partial charge in [0.05, 0.1) is 69.4 Å². The Morgan fingerprint density at radius 3 is 0.816 bits per heavy atom. The van der Waals surface area contributed by atoms with E-state index in [2.05, 4.69) is 19.7 Å². The first kappa shape index (κ1) is 74.4. The molecular formula is C72H104O15. The SMILES string of the molecule is C=C(C(=O)OCC)c1ccc(OCCCCCCCCCCCC(=O)OCCC(OC(=O)CCCCCCCCCCCOc2ccc(C(=C)C(=O)OCC)cc2)OC(=O)CCCCCCCCCCCOc2ccc(C(=C)C(=O)OCC)cc2)cc1. The third kappa shape index (κ3) is 35.5. The van der Waals surface area contributed by atoms with Crippen LogP contribution >= 0.6 is 0 Å². The smallest absolute Gasteiger partial charge is 0.338 e. The molecule has 0 bridgehead atoms. The summed E-state index contributed by atoms with van der Waals surface area (Å²) in [5, 5.41) is 0. The lowest BCUT2D eigenvalue weighted by atomic mass is 10.1. The predicted octanol–water partition coefficient (Wildman–Crippen LogP) is 17.0. The number of unbranched alkanes of at least 4 members (excludes halogenated alkanes) is 24. The zero-order valence-corrected chi connectivity index (χ0v) is 53.1. The van der Waals surface area contributed by atoms with E-state index in [-0.39, 0.29) is 31.8 Å². The molecule has 0 saturated carbocycles. The highest BCUT2D eigenvalue weighted by molar-refractivity contribution is 6.16. The summed E-state index contributed by atoms with van der Waals surface area (Å²) in [7, 11) is 0. The standard InChI is InChI=1S/C72H104O15/c1-7-79-70(76)57(4)60-40-46-63(47-41-60)82-53-34-28-22-16-10-13-19-25-31-37-66(73)85-56-52-69(86-67(74)38-32-26-20-14-11-17-23-29-35-54-83-64-48-42-61(43-49-64)58(5)71(77)80-8-2)87-68(75)39-33-27-21-15-12-18-24-30-36-55-84-65-50-44-62(45-51-65)59(6)72(78)81-9-3/h40-51,69H,4-39,52-56H2,1-3H3. The van der Waals surface area contributed by atoms with Gasteiger partial charge in [0.25, 0.3) is 6.29 Å². The molecule has 0 aliphatic rings. The van der Waals surface area contributed by atoms with Crippen LogP contribution < -0.4 is 14.2 Å². The van der Waals surface area contributed by atoms with Gasteiger partial charge in [0.1, 0.15) is 17.2 Å². The van der Waals surface area contributed by atoms with E-state index in [1.54, 1.807) is 20.8 Å². The minimum Gasteiger partial charge on any atom is -0.494 e. The summed E-state index contributed by atoms with van der Waals surface area (Å²) in [6.45, 7) is 19.6. The van der Waals surface area contributed by atoms with Crippen LogP contribution in [-0.4, -0.2) is 88.4 Å². The van der Waals surface area contributed by atoms with Gasteiger partial charge in [0.2, 0.25) is 0 Å². The molecule has 0 amide bonds. The zero-order valence-electron chi connectivity index (χ0n) is 53.1. The fraction of sp³-hybridized carbons (Fsp3) is 0.583. The molecule has 15 nitrogen and oxygen atoms in total. The Kier molecular flexibility index (Phi) is 41.2. The lowest BCUT2D eigenvalue weighted by Crippen LogP contribution is -2.26. The maximum atomic E-state index is 13.0. The van der Waals surface area contributed by atoms with E-state index in [4.69, 9.17) is 42.6 Å². The Bertz CT molecular complexity index is 2320. The van der Waals surface area contributed by atoms with Crippen molar-refractivity contribution in [2.24, 2.45) is 0 Å². The number of esters is 6. The van der Waals surface area contributed by atoms with Crippen LogP contribution in [-0.2, 0) is 57.2 Å². The average molecular weight is 1210 g/mol. The Hall–Kier alpha value is -6.90. The molecule has 15 heteroatoms. The van der Waals surface area contributed by atoms with Crippen LogP contribution in [0.4, 0.5) is 0 Å². The van der Waals surface area contributed by atoms with Crippen LogP contribution in [0.5, 0.6) is 17.2 Å². The lowest BCUT2D eigenvalue weighted by molar-refractivity contribution is -0.191. The number of benzene rings is 3. The first-order valence-electron chi connectivity index (χ1n) is 32.7.